The van der Waals surface area contributed by atoms with E-state index >= 15 is 0 Å². The molecule has 2 heterocycles. The van der Waals surface area contributed by atoms with Crippen LogP contribution in [0, 0.1) is 6.92 Å². The molecule has 0 aliphatic rings. The lowest BCUT2D eigenvalue weighted by Gasteiger charge is -2.21. The lowest BCUT2D eigenvalue weighted by molar-refractivity contribution is 0.786. The molecule has 104 valence electrons. The zero-order valence-electron chi connectivity index (χ0n) is 11.6. The molecular weight excluding hydrogens is 270 g/mol. The zero-order valence-corrected chi connectivity index (χ0v) is 12.4. The Morgan fingerprint density at radius 2 is 2.10 bits per heavy atom. The van der Waals surface area contributed by atoms with Crippen molar-refractivity contribution in [1.29, 1.82) is 0 Å². The van der Waals surface area contributed by atoms with Gasteiger partial charge in [-0.25, -0.2) is 9.97 Å². The first kappa shape index (κ1) is 14.3. The Morgan fingerprint density at radius 3 is 2.65 bits per heavy atom. The molecule has 0 amide bonds. The van der Waals surface area contributed by atoms with Crippen molar-refractivity contribution in [2.45, 2.75) is 20.4 Å². The van der Waals surface area contributed by atoms with Gasteiger partial charge in [0.15, 0.2) is 0 Å². The third-order valence-electron chi connectivity index (χ3n) is 2.90. The number of nitrogens with two attached hydrogens (primary N) is 1. The second-order valence-electron chi connectivity index (χ2n) is 4.41. The van der Waals surface area contributed by atoms with E-state index < -0.39 is 0 Å². The Hall–Kier alpha value is -2.08. The second-order valence-corrected chi connectivity index (χ2v) is 4.85. The van der Waals surface area contributed by atoms with Crippen molar-refractivity contribution in [1.82, 2.24) is 15.0 Å². The van der Waals surface area contributed by atoms with Crippen molar-refractivity contribution < 1.29 is 0 Å². The minimum Gasteiger partial charge on any atom is -0.388 e. The van der Waals surface area contributed by atoms with E-state index in [2.05, 4.69) is 26.8 Å². The van der Waals surface area contributed by atoms with E-state index in [1.165, 1.54) is 0 Å². The van der Waals surface area contributed by atoms with Crippen LogP contribution in [-0.4, -0.2) is 26.5 Å². The summed E-state index contributed by atoms with van der Waals surface area (Å²) in [4.78, 5) is 15.4. The van der Waals surface area contributed by atoms with E-state index in [-0.39, 0.29) is 4.99 Å². The quantitative estimate of drug-likeness (QED) is 0.846. The number of hydrogen-bond donors (Lipinski definition) is 1. The van der Waals surface area contributed by atoms with Crippen LogP contribution in [0.4, 0.5) is 5.82 Å². The molecule has 0 radical (unpaired) electrons. The van der Waals surface area contributed by atoms with Crippen molar-refractivity contribution in [3.8, 4) is 0 Å². The number of rotatable bonds is 5. The average molecular weight is 287 g/mol. The summed E-state index contributed by atoms with van der Waals surface area (Å²) < 4.78 is 0. The molecule has 2 N–H and O–H groups in total. The molecule has 2 aromatic rings. The van der Waals surface area contributed by atoms with Crippen LogP contribution in [0.1, 0.15) is 24.0 Å². The smallest absolute Gasteiger partial charge is 0.147 e. The molecule has 0 saturated carbocycles. The first-order valence-corrected chi connectivity index (χ1v) is 6.80. The fourth-order valence-electron chi connectivity index (χ4n) is 1.85. The van der Waals surface area contributed by atoms with Gasteiger partial charge in [-0.15, -0.1) is 0 Å². The molecule has 0 aliphatic heterocycles. The van der Waals surface area contributed by atoms with Gasteiger partial charge in [0.05, 0.1) is 24.6 Å². The van der Waals surface area contributed by atoms with Gasteiger partial charge in [-0.05, 0) is 26.0 Å². The fraction of sp³-hybridized carbons (Fsp3) is 0.286. The van der Waals surface area contributed by atoms with E-state index in [1.54, 1.807) is 12.4 Å². The molecule has 20 heavy (non-hydrogen) atoms. The van der Waals surface area contributed by atoms with Crippen molar-refractivity contribution in [2.24, 2.45) is 5.73 Å². The summed E-state index contributed by atoms with van der Waals surface area (Å²) in [5, 5.41) is 0. The molecule has 0 fully saturated rings. The standard InChI is InChI=1S/C14H17N5S/c1-3-19(9-11-6-4-5-10(2)18-11)13-8-16-12(7-17-13)14(15)20/h4-8H,3,9H2,1-2H3,(H2,15,20). The molecular formula is C14H17N5S. The molecule has 0 unspecified atom stereocenters. The lowest BCUT2D eigenvalue weighted by Crippen LogP contribution is -2.24. The monoisotopic (exact) mass is 287 g/mol. The molecule has 6 heteroatoms. The first-order chi connectivity index (χ1) is 9.60. The highest BCUT2D eigenvalue weighted by atomic mass is 32.1. The number of anilines is 1. The van der Waals surface area contributed by atoms with Gasteiger partial charge in [-0.1, -0.05) is 18.3 Å². The summed E-state index contributed by atoms with van der Waals surface area (Å²) in [5.41, 5.74) is 8.07. The average Bonchev–Trinajstić information content (AvgIpc) is 2.45. The molecule has 2 aromatic heterocycles. The van der Waals surface area contributed by atoms with E-state index in [1.807, 2.05) is 25.1 Å². The van der Waals surface area contributed by atoms with Crippen molar-refractivity contribution in [3.05, 3.63) is 47.7 Å². The molecule has 0 aromatic carbocycles. The van der Waals surface area contributed by atoms with Crippen LogP contribution >= 0.6 is 12.2 Å². The van der Waals surface area contributed by atoms with Crippen molar-refractivity contribution in [2.75, 3.05) is 11.4 Å². The lowest BCUT2D eigenvalue weighted by atomic mass is 10.3. The van der Waals surface area contributed by atoms with Crippen LogP contribution in [0.2, 0.25) is 0 Å². The summed E-state index contributed by atoms with van der Waals surface area (Å²) in [6.07, 6.45) is 3.29. The summed E-state index contributed by atoms with van der Waals surface area (Å²) in [6, 6.07) is 6.00. The van der Waals surface area contributed by atoms with Crippen molar-refractivity contribution in [3.63, 3.8) is 0 Å². The number of thiocarbonyl (C=S) groups is 1. The number of nitrogens with zero attached hydrogens (tertiary/aromatic N) is 4. The van der Waals surface area contributed by atoms with Crippen LogP contribution in [0.3, 0.4) is 0 Å². The largest absolute Gasteiger partial charge is 0.388 e. The molecule has 0 aliphatic carbocycles. The molecule has 0 saturated heterocycles. The van der Waals surface area contributed by atoms with E-state index in [0.717, 1.165) is 23.8 Å². The van der Waals surface area contributed by atoms with E-state index in [9.17, 15) is 0 Å². The van der Waals surface area contributed by atoms with Gasteiger partial charge >= 0.3 is 0 Å². The Bertz CT molecular complexity index is 597. The first-order valence-electron chi connectivity index (χ1n) is 6.39. The van der Waals surface area contributed by atoms with Gasteiger partial charge in [0.1, 0.15) is 16.5 Å². The van der Waals surface area contributed by atoms with Crippen LogP contribution in [0.5, 0.6) is 0 Å². The number of pyridine rings is 1. The predicted octanol–water partition coefficient (Wildman–Crippen LogP) is 1.84. The molecule has 5 nitrogen and oxygen atoms in total. The van der Waals surface area contributed by atoms with Gasteiger partial charge in [-0.2, -0.15) is 0 Å². The summed E-state index contributed by atoms with van der Waals surface area (Å²) in [7, 11) is 0. The third-order valence-corrected chi connectivity index (χ3v) is 3.10. The van der Waals surface area contributed by atoms with Gasteiger partial charge in [-0.3, -0.25) is 4.98 Å². The van der Waals surface area contributed by atoms with Crippen LogP contribution in [0.15, 0.2) is 30.6 Å². The normalized spacial score (nSPS) is 10.3. The maximum Gasteiger partial charge on any atom is 0.147 e. The topological polar surface area (TPSA) is 67.9 Å². The van der Waals surface area contributed by atoms with Crippen molar-refractivity contribution >= 4 is 23.0 Å². The minimum absolute atomic E-state index is 0.257. The highest BCUT2D eigenvalue weighted by molar-refractivity contribution is 7.80. The third kappa shape index (κ3) is 3.48. The SMILES string of the molecule is CCN(Cc1cccc(C)n1)c1cnc(C(N)=S)cn1. The maximum atomic E-state index is 5.52. The van der Waals surface area contributed by atoms with Gasteiger partial charge in [0, 0.05) is 12.2 Å². The fourth-order valence-corrected chi connectivity index (χ4v) is 1.96. The summed E-state index contributed by atoms with van der Waals surface area (Å²) >= 11 is 4.87. The molecule has 0 spiro atoms. The van der Waals surface area contributed by atoms with Gasteiger partial charge < -0.3 is 10.6 Å². The van der Waals surface area contributed by atoms with Gasteiger partial charge in [0.2, 0.25) is 0 Å². The number of hydrogen-bond acceptors (Lipinski definition) is 5. The highest BCUT2D eigenvalue weighted by Crippen LogP contribution is 2.12. The van der Waals surface area contributed by atoms with E-state index in [0.29, 0.717) is 12.2 Å². The summed E-state index contributed by atoms with van der Waals surface area (Å²) in [6.45, 7) is 5.56. The van der Waals surface area contributed by atoms with Gasteiger partial charge in [0.25, 0.3) is 0 Å². The van der Waals surface area contributed by atoms with Crippen LogP contribution in [-0.2, 0) is 6.54 Å². The Morgan fingerprint density at radius 1 is 1.30 bits per heavy atom. The highest BCUT2D eigenvalue weighted by Gasteiger charge is 2.09. The molecule has 0 bridgehead atoms. The zero-order chi connectivity index (χ0) is 14.5. The Balaban J connectivity index is 2.17. The predicted molar refractivity (Wildman–Crippen MR) is 83.6 cm³/mol. The number of aromatic nitrogens is 3. The van der Waals surface area contributed by atoms with Crippen LogP contribution < -0.4 is 10.6 Å². The number of aryl methyl sites for hydroxylation is 1. The molecule has 0 atom stereocenters. The second kappa shape index (κ2) is 6.38. The summed E-state index contributed by atoms with van der Waals surface area (Å²) in [5.74, 6) is 0.788. The van der Waals surface area contributed by atoms with Crippen LogP contribution in [0.25, 0.3) is 0 Å². The Kier molecular flexibility index (Phi) is 4.57. The van der Waals surface area contributed by atoms with E-state index in [4.69, 9.17) is 18.0 Å². The molecule has 2 rings (SSSR count). The maximum absolute atomic E-state index is 5.52. The minimum atomic E-state index is 0.257. The Labute approximate surface area is 123 Å².